The molecule has 14 rings (SSSR count). The van der Waals surface area contributed by atoms with Crippen LogP contribution in [0.3, 0.4) is 0 Å². The number of rotatable bonds is 29. The van der Waals surface area contributed by atoms with E-state index < -0.39 is 133 Å². The van der Waals surface area contributed by atoms with Crippen LogP contribution < -0.4 is 0 Å². The van der Waals surface area contributed by atoms with Crippen LogP contribution in [0.1, 0.15) is 91.3 Å². The molecule has 10 aromatic rings. The van der Waals surface area contributed by atoms with Gasteiger partial charge in [0.15, 0.2) is 30.9 Å². The van der Waals surface area contributed by atoms with Crippen molar-refractivity contribution in [3.8, 4) is 0 Å². The van der Waals surface area contributed by atoms with Crippen molar-refractivity contribution in [1.29, 1.82) is 0 Å². The molecule has 2 amide bonds. The Labute approximate surface area is 634 Å². The molecule has 556 valence electrons. The lowest BCUT2D eigenvalue weighted by atomic mass is 9.93. The van der Waals surface area contributed by atoms with Crippen molar-refractivity contribution in [3.63, 3.8) is 0 Å². The minimum atomic E-state index is -2.03. The quantitative estimate of drug-likeness (QED) is 0.0241. The van der Waals surface area contributed by atoms with Crippen molar-refractivity contribution < 1.29 is 90.3 Å². The van der Waals surface area contributed by atoms with Crippen LogP contribution in [0.15, 0.2) is 302 Å². The van der Waals surface area contributed by atoms with E-state index in [0.717, 1.165) is 27.2 Å². The molecule has 0 unspecified atom stereocenters. The Morgan fingerprint density at radius 3 is 1.19 bits per heavy atom. The molecule has 15 atom stereocenters. The summed E-state index contributed by atoms with van der Waals surface area (Å²) >= 11 is 1.20. The minimum absolute atomic E-state index is 0.0165. The van der Waals surface area contributed by atoms with Gasteiger partial charge in [-0.3, -0.25) is 14.5 Å². The summed E-state index contributed by atoms with van der Waals surface area (Å²) in [5.74, 6) is -5.09. The Morgan fingerprint density at radius 2 is 0.716 bits per heavy atom. The summed E-state index contributed by atoms with van der Waals surface area (Å²) in [5.41, 5.74) is 2.48. The lowest BCUT2D eigenvalue weighted by Crippen LogP contribution is -2.70. The normalized spacial score (nSPS) is 24.4. The summed E-state index contributed by atoms with van der Waals surface area (Å²) in [6.45, 7) is 1.01. The number of amides is 2. The molecule has 109 heavy (non-hydrogen) atoms. The summed E-state index contributed by atoms with van der Waals surface area (Å²) in [6.07, 6.45) is -19.6. The van der Waals surface area contributed by atoms with E-state index in [2.05, 4.69) is 0 Å². The molecule has 20 nitrogen and oxygen atoms in total. The Kier molecular flexibility index (Phi) is 25.1. The molecule has 21 heteroatoms. The summed E-state index contributed by atoms with van der Waals surface area (Å²) in [5, 5.41) is 0. The molecule has 0 aliphatic carbocycles. The molecule has 10 aromatic carbocycles. The predicted molar refractivity (Wildman–Crippen MR) is 399 cm³/mol. The SMILES string of the molecule is C[C@@H]1O[C@H](O[C@H]2[C@H](O[C@@H]3O[C@H](COC(=O)c4ccccc4)[C@H](OC(=O)c4ccccc4)[C@H](OC(=O)c4ccccc4)[C@H]3OC(=O)c3ccccc3)[C@@H](COCc3ccccc3)O[C@@H](Sc3ccccc3)[C@@H]2N2C(=O)c3ccccc3C2=O)[C@@H](OCc2ccccc2)[C@H](OCc2ccccc2)[C@@H]1OCc1ccccc1. The first-order chi connectivity index (χ1) is 53.5. The molecule has 0 radical (unpaired) electrons. The number of hydrogen-bond acceptors (Lipinski definition) is 20. The number of benzene rings is 10. The van der Waals surface area contributed by atoms with E-state index in [1.54, 1.807) is 109 Å². The largest absolute Gasteiger partial charge is 0.459 e. The number of hydrogen-bond donors (Lipinski definition) is 0. The maximum absolute atomic E-state index is 15.8. The van der Waals surface area contributed by atoms with Crippen LogP contribution in [-0.4, -0.2) is 145 Å². The Bertz CT molecular complexity index is 4590. The van der Waals surface area contributed by atoms with E-state index >= 15 is 19.2 Å². The fraction of sp³-hybridized carbons (Fsp3) is 0.250. The van der Waals surface area contributed by atoms with Crippen molar-refractivity contribution in [2.75, 3.05) is 13.2 Å². The summed E-state index contributed by atoms with van der Waals surface area (Å²) in [6, 6.07) is 84.4. The van der Waals surface area contributed by atoms with Crippen LogP contribution in [0.25, 0.3) is 0 Å². The third-order valence-electron chi connectivity index (χ3n) is 19.0. The van der Waals surface area contributed by atoms with E-state index in [9.17, 15) is 9.59 Å². The zero-order chi connectivity index (χ0) is 74.8. The number of carbonyl (C=O) groups excluding carboxylic acids is 6. The number of fused-ring (bicyclic) bond motifs is 1. The predicted octanol–water partition coefficient (Wildman–Crippen LogP) is 13.9. The first kappa shape index (κ1) is 75.0. The van der Waals surface area contributed by atoms with E-state index in [1.165, 1.54) is 48.2 Å². The molecule has 3 saturated heterocycles. The Morgan fingerprint density at radius 1 is 0.349 bits per heavy atom. The zero-order valence-corrected chi connectivity index (χ0v) is 60.1. The lowest BCUT2D eigenvalue weighted by Gasteiger charge is -2.53. The van der Waals surface area contributed by atoms with Crippen molar-refractivity contribution in [1.82, 2.24) is 4.90 Å². The first-order valence-corrected chi connectivity index (χ1v) is 36.9. The Balaban J connectivity index is 0.961. The molecule has 3 fully saturated rings. The number of ether oxygens (including phenoxy) is 13. The van der Waals surface area contributed by atoms with Gasteiger partial charge in [-0.05, 0) is 102 Å². The standard InChI is InChI=1S/C88H79NO19S/c1-57-72(97-52-59-33-13-3-14-34-59)76(98-53-60-35-15-4-16-36-60)78(99-54-61-37-17-5-18-38-61)86(101-57)108-75-71(89-80(90)67-49-29-30-50-68(67)81(89)91)88(109-66-47-27-10-28-48-66)103-69(55-96-51-58-31-11-2-12-32-58)73(75)107-87-79(106-85(95)65-45-25-9-26-46-65)77(105-84(94)64-43-23-8-24-44-64)74(104-83(93)63-41-21-7-22-42-63)70(102-87)56-100-82(92)62-39-19-6-20-40-62/h2-50,57,69-79,86-88H,51-56H2,1H3/t57-,69+,70+,71+,72+,73+,74-,75+,76+,77-,78-,79+,86+,87-,88-/m0/s1. The van der Waals surface area contributed by atoms with Gasteiger partial charge in [-0.15, -0.1) is 0 Å². The number of nitrogens with zero attached hydrogens (tertiary/aromatic N) is 1. The van der Waals surface area contributed by atoms with E-state index in [0.29, 0.717) is 4.90 Å². The van der Waals surface area contributed by atoms with E-state index in [1.807, 2.05) is 159 Å². The third-order valence-corrected chi connectivity index (χ3v) is 20.2. The van der Waals surface area contributed by atoms with Crippen molar-refractivity contribution in [2.45, 2.75) is 129 Å². The van der Waals surface area contributed by atoms with Gasteiger partial charge in [0, 0.05) is 4.90 Å². The van der Waals surface area contributed by atoms with Gasteiger partial charge in [-0.2, -0.15) is 0 Å². The topological polar surface area (TPSA) is 226 Å². The van der Waals surface area contributed by atoms with E-state index in [-0.39, 0.29) is 66.4 Å². The second kappa shape index (κ2) is 36.4. The van der Waals surface area contributed by atoms with Gasteiger partial charge in [0.25, 0.3) is 11.8 Å². The smallest absolute Gasteiger partial charge is 0.338 e. The van der Waals surface area contributed by atoms with Gasteiger partial charge in [-0.1, -0.05) is 236 Å². The molecule has 0 N–H and O–H groups in total. The third kappa shape index (κ3) is 18.5. The fourth-order valence-electron chi connectivity index (χ4n) is 13.6. The van der Waals surface area contributed by atoms with Crippen molar-refractivity contribution in [3.05, 3.63) is 353 Å². The summed E-state index contributed by atoms with van der Waals surface area (Å²) in [7, 11) is 0. The van der Waals surface area contributed by atoms with Crippen LogP contribution >= 0.6 is 11.8 Å². The van der Waals surface area contributed by atoms with Crippen LogP contribution in [0.4, 0.5) is 0 Å². The van der Waals surface area contributed by atoms with Gasteiger partial charge in [0.2, 0.25) is 0 Å². The molecule has 4 heterocycles. The van der Waals surface area contributed by atoms with Gasteiger partial charge < -0.3 is 61.6 Å². The molecule has 0 saturated carbocycles. The molecule has 4 aliphatic heterocycles. The fourth-order valence-corrected chi connectivity index (χ4v) is 14.8. The molecular weight excluding hydrogens is 1410 g/mol. The highest BCUT2D eigenvalue weighted by atomic mass is 32.2. The molecule has 0 spiro atoms. The minimum Gasteiger partial charge on any atom is -0.459 e. The highest BCUT2D eigenvalue weighted by molar-refractivity contribution is 7.99. The number of thioether (sulfide) groups is 1. The lowest BCUT2D eigenvalue weighted by molar-refractivity contribution is -0.366. The van der Waals surface area contributed by atoms with Crippen LogP contribution in [0, 0.1) is 0 Å². The average Bonchev–Trinajstić information content (AvgIpc) is 1.70. The van der Waals surface area contributed by atoms with Gasteiger partial charge >= 0.3 is 23.9 Å². The van der Waals surface area contributed by atoms with Gasteiger partial charge in [-0.25, -0.2) is 19.2 Å². The molecular formula is C88H79NO19S. The van der Waals surface area contributed by atoms with Gasteiger partial charge in [0.1, 0.15) is 60.8 Å². The zero-order valence-electron chi connectivity index (χ0n) is 59.3. The second-order valence-electron chi connectivity index (χ2n) is 26.4. The summed E-state index contributed by atoms with van der Waals surface area (Å²) in [4.78, 5) is 92.9. The molecule has 4 aliphatic rings. The van der Waals surface area contributed by atoms with Crippen LogP contribution in [-0.2, 0) is 88.0 Å². The first-order valence-electron chi connectivity index (χ1n) is 36.0. The molecule has 0 aromatic heterocycles. The number of esters is 4. The number of imide groups is 1. The highest BCUT2D eigenvalue weighted by Crippen LogP contribution is 2.45. The maximum Gasteiger partial charge on any atom is 0.338 e. The highest BCUT2D eigenvalue weighted by Gasteiger charge is 2.61. The van der Waals surface area contributed by atoms with Crippen molar-refractivity contribution in [2.24, 2.45) is 0 Å². The second-order valence-corrected chi connectivity index (χ2v) is 27.6. The average molecular weight is 1490 g/mol. The van der Waals surface area contributed by atoms with Crippen molar-refractivity contribution >= 4 is 47.5 Å². The molecule has 0 bridgehead atoms. The number of carbonyl (C=O) groups is 6. The van der Waals surface area contributed by atoms with Crippen LogP contribution in [0.5, 0.6) is 0 Å². The maximum atomic E-state index is 15.8. The summed E-state index contributed by atoms with van der Waals surface area (Å²) < 4.78 is 91.4. The Hall–Kier alpha value is -10.8. The van der Waals surface area contributed by atoms with E-state index in [4.69, 9.17) is 61.6 Å². The van der Waals surface area contributed by atoms with Crippen LogP contribution in [0.2, 0.25) is 0 Å². The van der Waals surface area contributed by atoms with Gasteiger partial charge in [0.05, 0.1) is 72.5 Å². The monoisotopic (exact) mass is 1490 g/mol.